The van der Waals surface area contributed by atoms with Gasteiger partial charge in [-0.3, -0.25) is 4.98 Å². The lowest BCUT2D eigenvalue weighted by atomic mass is 10.2. The van der Waals surface area contributed by atoms with Gasteiger partial charge in [0.15, 0.2) is 0 Å². The van der Waals surface area contributed by atoms with Crippen LogP contribution in [0.5, 0.6) is 0 Å². The van der Waals surface area contributed by atoms with Crippen LogP contribution in [0.15, 0.2) is 12.3 Å². The van der Waals surface area contributed by atoms with E-state index < -0.39 is 5.97 Å². The molecule has 1 aromatic rings. The quantitative estimate of drug-likeness (QED) is 0.741. The highest BCUT2D eigenvalue weighted by atomic mass is 16.5. The van der Waals surface area contributed by atoms with E-state index in [9.17, 15) is 4.79 Å². The minimum absolute atomic E-state index is 0.176. The van der Waals surface area contributed by atoms with Crippen molar-refractivity contribution in [1.29, 1.82) is 0 Å². The number of hydrogen-bond donors (Lipinski definition) is 2. The number of aromatic carboxylic acids is 1. The van der Waals surface area contributed by atoms with E-state index in [1.165, 1.54) is 6.20 Å². The van der Waals surface area contributed by atoms with Crippen molar-refractivity contribution in [3.05, 3.63) is 23.5 Å². The molecule has 0 saturated heterocycles. The van der Waals surface area contributed by atoms with Gasteiger partial charge in [-0.1, -0.05) is 0 Å². The maximum Gasteiger partial charge on any atom is 0.339 e. The first-order valence-corrected chi connectivity index (χ1v) is 5.56. The van der Waals surface area contributed by atoms with Gasteiger partial charge in [0.05, 0.1) is 18.4 Å². The van der Waals surface area contributed by atoms with Gasteiger partial charge in [-0.2, -0.15) is 0 Å². The molecule has 1 rings (SSSR count). The van der Waals surface area contributed by atoms with Crippen molar-refractivity contribution in [1.82, 2.24) is 4.98 Å². The number of hydrogen-bond acceptors (Lipinski definition) is 4. The van der Waals surface area contributed by atoms with Crippen LogP contribution >= 0.6 is 0 Å². The first-order chi connectivity index (χ1) is 8.00. The SMILES string of the molecule is Cc1cc(NCCOC(C)C)c(C(=O)O)cn1. The van der Waals surface area contributed by atoms with Crippen LogP contribution in [0, 0.1) is 6.92 Å². The fourth-order valence-corrected chi connectivity index (χ4v) is 1.36. The van der Waals surface area contributed by atoms with Crippen LogP contribution in [-0.4, -0.2) is 35.3 Å². The van der Waals surface area contributed by atoms with E-state index in [2.05, 4.69) is 10.3 Å². The maximum absolute atomic E-state index is 11.0. The van der Waals surface area contributed by atoms with Crippen molar-refractivity contribution in [2.75, 3.05) is 18.5 Å². The van der Waals surface area contributed by atoms with Gasteiger partial charge in [0.1, 0.15) is 5.56 Å². The lowest BCUT2D eigenvalue weighted by Gasteiger charge is -2.11. The predicted octanol–water partition coefficient (Wildman–Crippen LogP) is 1.93. The Morgan fingerprint density at radius 1 is 1.59 bits per heavy atom. The molecule has 0 fully saturated rings. The number of carboxylic acid groups (broad SMARTS) is 1. The number of aromatic nitrogens is 1. The number of ether oxygens (including phenoxy) is 1. The highest BCUT2D eigenvalue weighted by Crippen LogP contribution is 2.15. The number of nitrogens with zero attached hydrogens (tertiary/aromatic N) is 1. The summed E-state index contributed by atoms with van der Waals surface area (Å²) < 4.78 is 5.37. The molecule has 17 heavy (non-hydrogen) atoms. The van der Waals surface area contributed by atoms with Gasteiger partial charge in [-0.15, -0.1) is 0 Å². The second-order valence-electron chi connectivity index (χ2n) is 4.02. The number of nitrogens with one attached hydrogen (secondary N) is 1. The Hall–Kier alpha value is -1.62. The van der Waals surface area contributed by atoms with Crippen molar-refractivity contribution in [3.8, 4) is 0 Å². The van der Waals surface area contributed by atoms with Crippen molar-refractivity contribution < 1.29 is 14.6 Å². The molecule has 0 aromatic carbocycles. The molecule has 0 atom stereocenters. The Labute approximate surface area is 101 Å². The van der Waals surface area contributed by atoms with E-state index in [0.29, 0.717) is 18.8 Å². The van der Waals surface area contributed by atoms with Crippen LogP contribution in [0.25, 0.3) is 0 Å². The van der Waals surface area contributed by atoms with Gasteiger partial charge in [0, 0.05) is 18.4 Å². The van der Waals surface area contributed by atoms with Crippen LogP contribution in [0.1, 0.15) is 29.9 Å². The van der Waals surface area contributed by atoms with Gasteiger partial charge in [0.25, 0.3) is 0 Å². The zero-order valence-electron chi connectivity index (χ0n) is 10.4. The monoisotopic (exact) mass is 238 g/mol. The highest BCUT2D eigenvalue weighted by Gasteiger charge is 2.10. The van der Waals surface area contributed by atoms with Crippen LogP contribution in [0.4, 0.5) is 5.69 Å². The van der Waals surface area contributed by atoms with E-state index in [1.807, 2.05) is 20.8 Å². The summed E-state index contributed by atoms with van der Waals surface area (Å²) in [5, 5.41) is 12.0. The predicted molar refractivity (Wildman–Crippen MR) is 65.5 cm³/mol. The fourth-order valence-electron chi connectivity index (χ4n) is 1.36. The molecular weight excluding hydrogens is 220 g/mol. The van der Waals surface area contributed by atoms with Crippen molar-refractivity contribution in [2.45, 2.75) is 26.9 Å². The summed E-state index contributed by atoms with van der Waals surface area (Å²) in [6.07, 6.45) is 1.54. The van der Waals surface area contributed by atoms with Crippen molar-refractivity contribution in [2.24, 2.45) is 0 Å². The third-order valence-electron chi connectivity index (χ3n) is 2.14. The van der Waals surface area contributed by atoms with E-state index in [4.69, 9.17) is 9.84 Å². The summed E-state index contributed by atoms with van der Waals surface area (Å²) in [6, 6.07) is 1.72. The number of carboxylic acids is 1. The highest BCUT2D eigenvalue weighted by molar-refractivity contribution is 5.93. The Morgan fingerprint density at radius 2 is 2.29 bits per heavy atom. The molecule has 1 aromatic heterocycles. The van der Waals surface area contributed by atoms with E-state index in [1.54, 1.807) is 6.07 Å². The molecule has 0 aliphatic rings. The van der Waals surface area contributed by atoms with Gasteiger partial charge in [-0.05, 0) is 26.8 Å². The molecule has 0 radical (unpaired) electrons. The number of aryl methyl sites for hydroxylation is 1. The molecule has 0 amide bonds. The van der Waals surface area contributed by atoms with E-state index >= 15 is 0 Å². The Kier molecular flexibility index (Phi) is 4.90. The molecule has 0 spiro atoms. The van der Waals surface area contributed by atoms with Crippen molar-refractivity contribution >= 4 is 11.7 Å². The molecule has 0 aliphatic heterocycles. The average Bonchev–Trinajstić information content (AvgIpc) is 2.23. The van der Waals surface area contributed by atoms with Gasteiger partial charge >= 0.3 is 5.97 Å². The molecule has 0 aliphatic carbocycles. The van der Waals surface area contributed by atoms with Gasteiger partial charge < -0.3 is 15.2 Å². The first kappa shape index (κ1) is 13.4. The average molecular weight is 238 g/mol. The van der Waals surface area contributed by atoms with Crippen molar-refractivity contribution in [3.63, 3.8) is 0 Å². The standard InChI is InChI=1S/C12H18N2O3/c1-8(2)17-5-4-13-11-6-9(3)14-7-10(11)12(15)16/h6-8H,4-5H2,1-3H3,(H,13,14)(H,15,16). The molecular formula is C12H18N2O3. The summed E-state index contributed by atoms with van der Waals surface area (Å²) in [7, 11) is 0. The molecule has 94 valence electrons. The number of pyridine rings is 1. The largest absolute Gasteiger partial charge is 0.478 e. The minimum atomic E-state index is -0.982. The summed E-state index contributed by atoms with van der Waals surface area (Å²) >= 11 is 0. The molecule has 2 N–H and O–H groups in total. The zero-order chi connectivity index (χ0) is 12.8. The zero-order valence-corrected chi connectivity index (χ0v) is 10.4. The maximum atomic E-state index is 11.0. The van der Waals surface area contributed by atoms with E-state index in [-0.39, 0.29) is 11.7 Å². The molecule has 0 saturated carbocycles. The molecule has 0 bridgehead atoms. The second-order valence-corrected chi connectivity index (χ2v) is 4.02. The minimum Gasteiger partial charge on any atom is -0.478 e. The molecule has 1 heterocycles. The molecule has 5 heteroatoms. The lowest BCUT2D eigenvalue weighted by molar-refractivity contribution is 0.0696. The summed E-state index contributed by atoms with van der Waals surface area (Å²) in [6.45, 7) is 6.85. The lowest BCUT2D eigenvalue weighted by Crippen LogP contribution is -2.15. The summed E-state index contributed by atoms with van der Waals surface area (Å²) in [5.41, 5.74) is 1.54. The smallest absolute Gasteiger partial charge is 0.339 e. The molecule has 0 unspecified atom stereocenters. The van der Waals surface area contributed by atoms with Gasteiger partial charge in [0.2, 0.25) is 0 Å². The Balaban J connectivity index is 2.62. The third-order valence-corrected chi connectivity index (χ3v) is 2.14. The second kappa shape index (κ2) is 6.20. The van der Waals surface area contributed by atoms with Crippen LogP contribution < -0.4 is 5.32 Å². The summed E-state index contributed by atoms with van der Waals surface area (Å²) in [4.78, 5) is 14.9. The van der Waals surface area contributed by atoms with Crippen LogP contribution in [0.3, 0.4) is 0 Å². The van der Waals surface area contributed by atoms with Crippen LogP contribution in [-0.2, 0) is 4.74 Å². The Morgan fingerprint density at radius 3 is 2.88 bits per heavy atom. The van der Waals surface area contributed by atoms with Crippen LogP contribution in [0.2, 0.25) is 0 Å². The number of anilines is 1. The van der Waals surface area contributed by atoms with Gasteiger partial charge in [-0.25, -0.2) is 4.79 Å². The first-order valence-electron chi connectivity index (χ1n) is 5.56. The third kappa shape index (κ3) is 4.40. The van der Waals surface area contributed by atoms with E-state index in [0.717, 1.165) is 5.69 Å². The number of rotatable bonds is 6. The fraction of sp³-hybridized carbons (Fsp3) is 0.500. The normalized spacial score (nSPS) is 10.6. The topological polar surface area (TPSA) is 71.5 Å². The Bertz CT molecular complexity index is 391. The molecule has 5 nitrogen and oxygen atoms in total. The summed E-state index contributed by atoms with van der Waals surface area (Å²) in [5.74, 6) is -0.982. The number of carbonyl (C=O) groups is 1.